The summed E-state index contributed by atoms with van der Waals surface area (Å²) in [4.78, 5) is 34.7. The molecule has 0 heterocycles. The van der Waals surface area contributed by atoms with Crippen LogP contribution in [0.15, 0.2) is 36.5 Å². The number of phosphoric acid groups is 1. The van der Waals surface area contributed by atoms with Gasteiger partial charge in [0.2, 0.25) is 0 Å². The quantitative estimate of drug-likeness (QED) is 0.0265. The van der Waals surface area contributed by atoms with Gasteiger partial charge in [-0.15, -0.1) is 0 Å². The second kappa shape index (κ2) is 32.7. The number of allylic oxidation sites excluding steroid dienone is 6. The van der Waals surface area contributed by atoms with E-state index in [-0.39, 0.29) is 19.4 Å². The maximum absolute atomic E-state index is 12.5. The Hall–Kier alpha value is -1.81. The number of aliphatic hydroxyl groups excluding tert-OH is 2. The summed E-state index contributed by atoms with van der Waals surface area (Å²) < 4.78 is 32.5. The van der Waals surface area contributed by atoms with Crippen LogP contribution in [0.1, 0.15) is 142 Å². The Bertz CT molecular complexity index is 889. The lowest BCUT2D eigenvalue weighted by Crippen LogP contribution is -2.29. The molecule has 274 valence electrons. The Morgan fingerprint density at radius 2 is 1.17 bits per heavy atom. The third kappa shape index (κ3) is 32.5. The lowest BCUT2D eigenvalue weighted by Gasteiger charge is -2.20. The Morgan fingerprint density at radius 3 is 1.77 bits per heavy atom. The van der Waals surface area contributed by atoms with E-state index in [0.717, 1.165) is 70.6 Å². The first kappa shape index (κ1) is 45.2. The molecule has 0 spiro atoms. The predicted octanol–water partition coefficient (Wildman–Crippen LogP) is 8.44. The number of rotatable bonds is 33. The molecule has 0 saturated heterocycles. The smallest absolute Gasteiger partial charge is 0.462 e. The van der Waals surface area contributed by atoms with Crippen molar-refractivity contribution in [1.29, 1.82) is 0 Å². The van der Waals surface area contributed by atoms with Crippen LogP contribution in [0.4, 0.5) is 0 Å². The van der Waals surface area contributed by atoms with Gasteiger partial charge in [-0.3, -0.25) is 18.6 Å². The highest BCUT2D eigenvalue weighted by atomic mass is 31.2. The van der Waals surface area contributed by atoms with Crippen LogP contribution in [-0.4, -0.2) is 65.7 Å². The zero-order valence-corrected chi connectivity index (χ0v) is 30.1. The summed E-state index contributed by atoms with van der Waals surface area (Å²) in [6.07, 6.45) is 29.8. The molecule has 10 nitrogen and oxygen atoms in total. The number of aliphatic hydroxyl groups is 2. The topological polar surface area (TPSA) is 149 Å². The van der Waals surface area contributed by atoms with Crippen LogP contribution in [0, 0.1) is 0 Å². The van der Waals surface area contributed by atoms with Crippen molar-refractivity contribution >= 4 is 19.8 Å². The number of ether oxygens (including phenoxy) is 2. The normalized spacial score (nSPS) is 14.6. The van der Waals surface area contributed by atoms with Crippen LogP contribution >= 0.6 is 7.82 Å². The van der Waals surface area contributed by atoms with Crippen molar-refractivity contribution in [2.24, 2.45) is 0 Å². The van der Waals surface area contributed by atoms with Crippen molar-refractivity contribution in [2.45, 2.75) is 154 Å². The predicted molar refractivity (Wildman–Crippen MR) is 187 cm³/mol. The molecule has 0 aromatic rings. The van der Waals surface area contributed by atoms with Gasteiger partial charge in [-0.05, 0) is 44.9 Å². The highest BCUT2D eigenvalue weighted by Gasteiger charge is 2.27. The van der Waals surface area contributed by atoms with Crippen molar-refractivity contribution in [3.8, 4) is 0 Å². The Kier molecular flexibility index (Phi) is 31.5. The fourth-order valence-corrected chi connectivity index (χ4v) is 5.32. The van der Waals surface area contributed by atoms with E-state index in [2.05, 4.69) is 54.8 Å². The molecule has 0 radical (unpaired) electrons. The number of unbranched alkanes of at least 4 members (excludes halogenated alkanes) is 13. The fourth-order valence-electron chi connectivity index (χ4n) is 4.53. The van der Waals surface area contributed by atoms with Gasteiger partial charge in [-0.2, -0.15) is 0 Å². The SMILES string of the molecule is CC/C=C/C/C=C/C/C=C/CCCCCCCC(=O)O[C@H](COC(=O)CCCCCCCCCCC)COP(=O)(O)OC[C@@H](O)CO. The van der Waals surface area contributed by atoms with Gasteiger partial charge in [-0.1, -0.05) is 121 Å². The third-order valence-corrected chi connectivity index (χ3v) is 8.26. The van der Waals surface area contributed by atoms with E-state index in [1.165, 1.54) is 32.1 Å². The molecule has 3 N–H and O–H groups in total. The largest absolute Gasteiger partial charge is 0.472 e. The first-order chi connectivity index (χ1) is 22.7. The number of carbonyl (C=O) groups excluding carboxylic acids is 2. The number of phosphoric ester groups is 1. The monoisotopic (exact) mass is 688 g/mol. The first-order valence-corrected chi connectivity index (χ1v) is 19.4. The second-order valence-electron chi connectivity index (χ2n) is 11.9. The minimum atomic E-state index is -4.61. The third-order valence-electron chi connectivity index (χ3n) is 7.31. The van der Waals surface area contributed by atoms with Gasteiger partial charge < -0.3 is 24.6 Å². The second-order valence-corrected chi connectivity index (χ2v) is 13.3. The molecule has 0 amide bonds. The van der Waals surface area contributed by atoms with Crippen LogP contribution < -0.4 is 0 Å². The lowest BCUT2D eigenvalue weighted by atomic mass is 10.1. The standard InChI is InChI=1S/C36H65O10P/c1-3-5-7-9-11-13-14-15-16-17-18-20-22-24-26-28-36(40)46-34(32-45-47(41,42)44-30-33(38)29-37)31-43-35(39)27-25-23-21-19-12-10-8-6-4-2/h5,7,11,13,15-16,33-34,37-38H,3-4,6,8-10,12,14,17-32H2,1-2H3,(H,41,42)/b7-5+,13-11+,16-15+/t33-,34+/m0/s1. The molecule has 47 heavy (non-hydrogen) atoms. The molecule has 0 aliphatic heterocycles. The summed E-state index contributed by atoms with van der Waals surface area (Å²) in [5.74, 6) is -0.950. The van der Waals surface area contributed by atoms with Gasteiger partial charge in [-0.25, -0.2) is 4.57 Å². The number of hydrogen-bond acceptors (Lipinski definition) is 9. The van der Waals surface area contributed by atoms with E-state index in [1.807, 2.05) is 0 Å². The van der Waals surface area contributed by atoms with Crippen LogP contribution in [0.5, 0.6) is 0 Å². The highest BCUT2D eigenvalue weighted by molar-refractivity contribution is 7.47. The summed E-state index contributed by atoms with van der Waals surface area (Å²) in [5, 5.41) is 18.2. The molecule has 0 rings (SSSR count). The van der Waals surface area contributed by atoms with Crippen molar-refractivity contribution in [2.75, 3.05) is 26.4 Å². The zero-order chi connectivity index (χ0) is 34.9. The van der Waals surface area contributed by atoms with Gasteiger partial charge in [0.05, 0.1) is 19.8 Å². The summed E-state index contributed by atoms with van der Waals surface area (Å²) in [6.45, 7) is 2.19. The zero-order valence-electron chi connectivity index (χ0n) is 29.2. The van der Waals surface area contributed by atoms with E-state index in [1.54, 1.807) is 0 Å². The summed E-state index contributed by atoms with van der Waals surface area (Å²) >= 11 is 0. The van der Waals surface area contributed by atoms with Crippen LogP contribution in [0.3, 0.4) is 0 Å². The number of esters is 2. The molecule has 0 aromatic heterocycles. The number of carbonyl (C=O) groups is 2. The molecule has 0 aromatic carbocycles. The van der Waals surface area contributed by atoms with E-state index in [9.17, 15) is 24.2 Å². The van der Waals surface area contributed by atoms with Crippen molar-refractivity contribution < 1.29 is 47.8 Å². The van der Waals surface area contributed by atoms with Gasteiger partial charge in [0.15, 0.2) is 6.10 Å². The van der Waals surface area contributed by atoms with Crippen LogP contribution in [-0.2, 0) is 32.7 Å². The van der Waals surface area contributed by atoms with E-state index in [4.69, 9.17) is 19.1 Å². The van der Waals surface area contributed by atoms with E-state index in [0.29, 0.717) is 12.8 Å². The minimum absolute atomic E-state index is 0.165. The molecule has 11 heteroatoms. The van der Waals surface area contributed by atoms with Gasteiger partial charge >= 0.3 is 19.8 Å². The van der Waals surface area contributed by atoms with Gasteiger partial charge in [0, 0.05) is 12.8 Å². The summed E-state index contributed by atoms with van der Waals surface area (Å²) in [7, 11) is -4.61. The molecule has 0 aliphatic rings. The highest BCUT2D eigenvalue weighted by Crippen LogP contribution is 2.43. The van der Waals surface area contributed by atoms with E-state index < -0.39 is 51.8 Å². The molecule has 0 fully saturated rings. The molecular weight excluding hydrogens is 623 g/mol. The lowest BCUT2D eigenvalue weighted by molar-refractivity contribution is -0.161. The molecule has 1 unspecified atom stereocenters. The maximum atomic E-state index is 12.5. The summed E-state index contributed by atoms with van der Waals surface area (Å²) in [6, 6.07) is 0. The maximum Gasteiger partial charge on any atom is 0.472 e. The Morgan fingerprint density at radius 1 is 0.660 bits per heavy atom. The van der Waals surface area contributed by atoms with Crippen LogP contribution in [0.2, 0.25) is 0 Å². The van der Waals surface area contributed by atoms with Gasteiger partial charge in [0.1, 0.15) is 12.7 Å². The van der Waals surface area contributed by atoms with E-state index >= 15 is 0 Å². The molecule has 3 atom stereocenters. The Labute approximate surface area is 284 Å². The summed E-state index contributed by atoms with van der Waals surface area (Å²) in [5.41, 5.74) is 0. The van der Waals surface area contributed by atoms with Crippen molar-refractivity contribution in [1.82, 2.24) is 0 Å². The fraction of sp³-hybridized carbons (Fsp3) is 0.778. The molecule has 0 aliphatic carbocycles. The minimum Gasteiger partial charge on any atom is -0.462 e. The average Bonchev–Trinajstić information content (AvgIpc) is 3.05. The first-order valence-electron chi connectivity index (χ1n) is 17.9. The molecule has 0 bridgehead atoms. The number of hydrogen-bond donors (Lipinski definition) is 3. The van der Waals surface area contributed by atoms with Crippen molar-refractivity contribution in [3.63, 3.8) is 0 Å². The van der Waals surface area contributed by atoms with Gasteiger partial charge in [0.25, 0.3) is 0 Å². The average molecular weight is 689 g/mol. The molecular formula is C36H65O10P. The van der Waals surface area contributed by atoms with Crippen molar-refractivity contribution in [3.05, 3.63) is 36.5 Å². The molecule has 0 saturated carbocycles. The van der Waals surface area contributed by atoms with Crippen LogP contribution in [0.25, 0.3) is 0 Å². The Balaban J connectivity index is 4.42.